The summed E-state index contributed by atoms with van der Waals surface area (Å²) in [5.74, 6) is -0.287. The lowest BCUT2D eigenvalue weighted by Gasteiger charge is -2.13. The minimum Gasteiger partial charge on any atom is -0.349 e. The monoisotopic (exact) mass is 389 g/mol. The lowest BCUT2D eigenvalue weighted by atomic mass is 10.2. The first-order valence-electron chi connectivity index (χ1n) is 7.55. The Morgan fingerprint density at radius 2 is 2.04 bits per heavy atom. The molecule has 0 saturated heterocycles. The minimum atomic E-state index is -0.287. The maximum Gasteiger partial charge on any atom is 0.268 e. The normalized spacial score (nSPS) is 11.6. The number of amides is 1. The highest BCUT2D eigenvalue weighted by Gasteiger charge is 2.13. The molecule has 2 rings (SSSR count). The number of aromatic nitrogens is 1. The molecular formula is C18H20BrN3O2. The van der Waals surface area contributed by atoms with Gasteiger partial charge in [0.15, 0.2) is 0 Å². The van der Waals surface area contributed by atoms with E-state index in [1.165, 1.54) is 10.6 Å². The fourth-order valence-corrected chi connectivity index (χ4v) is 2.53. The zero-order valence-corrected chi connectivity index (χ0v) is 15.3. The average Bonchev–Trinajstić information content (AvgIpc) is 2.53. The summed E-state index contributed by atoms with van der Waals surface area (Å²) in [7, 11) is 3.87. The van der Waals surface area contributed by atoms with Crippen LogP contribution < -0.4 is 10.9 Å². The van der Waals surface area contributed by atoms with Gasteiger partial charge in [0.25, 0.3) is 11.5 Å². The standard InChI is InChI=1S/C18H20BrN3O2/c1-21(2)11-9-20-18(24)16(22-10-4-3-8-17(22)23)13-14-6-5-7-15(19)12-14/h3-8,10,12-13H,9,11H2,1-2H3,(H,20,24)/b16-13+. The number of pyridine rings is 1. The van der Waals surface area contributed by atoms with E-state index in [1.54, 1.807) is 24.4 Å². The van der Waals surface area contributed by atoms with Gasteiger partial charge in [0.1, 0.15) is 5.70 Å². The molecule has 1 amide bonds. The van der Waals surface area contributed by atoms with Gasteiger partial charge in [-0.05, 0) is 43.9 Å². The molecule has 1 aromatic heterocycles. The summed E-state index contributed by atoms with van der Waals surface area (Å²) in [5, 5.41) is 2.85. The molecule has 1 N–H and O–H groups in total. The number of carbonyl (C=O) groups excluding carboxylic acids is 1. The topological polar surface area (TPSA) is 54.3 Å². The fourth-order valence-electron chi connectivity index (χ4n) is 2.11. The molecule has 0 bridgehead atoms. The number of halogens is 1. The molecule has 1 heterocycles. The molecular weight excluding hydrogens is 370 g/mol. The summed E-state index contributed by atoms with van der Waals surface area (Å²) in [6, 6.07) is 12.4. The Bertz CT molecular complexity index is 797. The summed E-state index contributed by atoms with van der Waals surface area (Å²) >= 11 is 3.41. The summed E-state index contributed by atoms with van der Waals surface area (Å²) in [6.07, 6.45) is 3.30. The molecule has 6 heteroatoms. The van der Waals surface area contributed by atoms with E-state index in [2.05, 4.69) is 21.2 Å². The van der Waals surface area contributed by atoms with E-state index in [1.807, 2.05) is 43.3 Å². The molecule has 24 heavy (non-hydrogen) atoms. The van der Waals surface area contributed by atoms with E-state index in [4.69, 9.17) is 0 Å². The summed E-state index contributed by atoms with van der Waals surface area (Å²) < 4.78 is 2.26. The van der Waals surface area contributed by atoms with Crippen LogP contribution in [0.4, 0.5) is 0 Å². The number of nitrogens with one attached hydrogen (secondary N) is 1. The zero-order valence-electron chi connectivity index (χ0n) is 13.7. The number of benzene rings is 1. The van der Waals surface area contributed by atoms with Crippen molar-refractivity contribution in [2.24, 2.45) is 0 Å². The first-order valence-corrected chi connectivity index (χ1v) is 8.35. The highest BCUT2D eigenvalue weighted by molar-refractivity contribution is 9.10. The molecule has 126 valence electrons. The molecule has 0 fully saturated rings. The van der Waals surface area contributed by atoms with Crippen LogP contribution >= 0.6 is 15.9 Å². The lowest BCUT2D eigenvalue weighted by Crippen LogP contribution is -2.34. The van der Waals surface area contributed by atoms with Crippen LogP contribution in [0.3, 0.4) is 0 Å². The summed E-state index contributed by atoms with van der Waals surface area (Å²) in [6.45, 7) is 1.23. The van der Waals surface area contributed by atoms with Gasteiger partial charge >= 0.3 is 0 Å². The average molecular weight is 390 g/mol. The van der Waals surface area contributed by atoms with Crippen molar-refractivity contribution in [3.63, 3.8) is 0 Å². The molecule has 0 spiro atoms. The Morgan fingerprint density at radius 1 is 1.25 bits per heavy atom. The van der Waals surface area contributed by atoms with Gasteiger partial charge in [-0.25, -0.2) is 0 Å². The molecule has 2 aromatic rings. The number of nitrogens with zero attached hydrogens (tertiary/aromatic N) is 2. The quantitative estimate of drug-likeness (QED) is 0.771. The molecule has 0 radical (unpaired) electrons. The van der Waals surface area contributed by atoms with Gasteiger partial charge in [0, 0.05) is 29.8 Å². The summed E-state index contributed by atoms with van der Waals surface area (Å²) in [4.78, 5) is 26.7. The molecule has 5 nitrogen and oxygen atoms in total. The van der Waals surface area contributed by atoms with Crippen LogP contribution in [0, 0.1) is 0 Å². The molecule has 0 saturated carbocycles. The SMILES string of the molecule is CN(C)CCNC(=O)/C(=C\c1cccc(Br)c1)n1ccccc1=O. The largest absolute Gasteiger partial charge is 0.349 e. The van der Waals surface area contributed by atoms with Crippen molar-refractivity contribution in [2.75, 3.05) is 27.2 Å². The van der Waals surface area contributed by atoms with Crippen LogP contribution in [-0.4, -0.2) is 42.6 Å². The van der Waals surface area contributed by atoms with Crippen molar-refractivity contribution in [2.45, 2.75) is 0 Å². The second-order valence-electron chi connectivity index (χ2n) is 5.55. The Morgan fingerprint density at radius 3 is 2.71 bits per heavy atom. The number of likely N-dealkylation sites (N-methyl/N-ethyl adjacent to an activating group) is 1. The molecule has 0 unspecified atom stereocenters. The van der Waals surface area contributed by atoms with Crippen LogP contribution in [0.25, 0.3) is 11.8 Å². The summed E-state index contributed by atoms with van der Waals surface area (Å²) in [5.41, 5.74) is 0.872. The van der Waals surface area contributed by atoms with Crippen LogP contribution in [0.1, 0.15) is 5.56 Å². The highest BCUT2D eigenvalue weighted by Crippen LogP contribution is 2.16. The molecule has 0 aliphatic heterocycles. The van der Waals surface area contributed by atoms with E-state index >= 15 is 0 Å². The molecule has 0 aliphatic carbocycles. The van der Waals surface area contributed by atoms with Crippen LogP contribution in [0.5, 0.6) is 0 Å². The third-order valence-corrected chi connectivity index (χ3v) is 3.80. The van der Waals surface area contributed by atoms with Crippen LogP contribution in [0.2, 0.25) is 0 Å². The van der Waals surface area contributed by atoms with Crippen LogP contribution in [0.15, 0.2) is 57.9 Å². The van der Waals surface area contributed by atoms with Crippen molar-refractivity contribution in [1.82, 2.24) is 14.8 Å². The van der Waals surface area contributed by atoms with E-state index in [0.717, 1.165) is 16.6 Å². The van der Waals surface area contributed by atoms with E-state index in [0.29, 0.717) is 6.54 Å². The van der Waals surface area contributed by atoms with Crippen molar-refractivity contribution < 1.29 is 4.79 Å². The Labute approximate surface area is 149 Å². The maximum absolute atomic E-state index is 12.6. The van der Waals surface area contributed by atoms with E-state index in [-0.39, 0.29) is 17.2 Å². The second-order valence-corrected chi connectivity index (χ2v) is 6.47. The van der Waals surface area contributed by atoms with Gasteiger partial charge in [-0.1, -0.05) is 34.1 Å². The number of hydrogen-bond acceptors (Lipinski definition) is 3. The Balaban J connectivity index is 2.37. The van der Waals surface area contributed by atoms with Crippen molar-refractivity contribution in [1.29, 1.82) is 0 Å². The first kappa shape index (κ1) is 18.2. The van der Waals surface area contributed by atoms with E-state index in [9.17, 15) is 9.59 Å². The van der Waals surface area contributed by atoms with Crippen molar-refractivity contribution in [3.05, 3.63) is 69.1 Å². The zero-order chi connectivity index (χ0) is 17.5. The minimum absolute atomic E-state index is 0.249. The fraction of sp³-hybridized carbons (Fsp3) is 0.222. The molecule has 0 aliphatic rings. The smallest absolute Gasteiger partial charge is 0.268 e. The van der Waals surface area contributed by atoms with Gasteiger partial charge in [-0.2, -0.15) is 0 Å². The van der Waals surface area contributed by atoms with Gasteiger partial charge in [-0.15, -0.1) is 0 Å². The second kappa shape index (κ2) is 8.61. The predicted octanol–water partition coefficient (Wildman–Crippen LogP) is 2.29. The van der Waals surface area contributed by atoms with Crippen LogP contribution in [-0.2, 0) is 4.79 Å². The maximum atomic E-state index is 12.6. The third-order valence-electron chi connectivity index (χ3n) is 3.31. The number of carbonyl (C=O) groups is 1. The first-order chi connectivity index (χ1) is 11.5. The molecule has 1 aromatic carbocycles. The highest BCUT2D eigenvalue weighted by atomic mass is 79.9. The van der Waals surface area contributed by atoms with Crippen molar-refractivity contribution >= 4 is 33.6 Å². The lowest BCUT2D eigenvalue weighted by molar-refractivity contribution is -0.115. The Kier molecular flexibility index (Phi) is 6.52. The predicted molar refractivity (Wildman–Crippen MR) is 101 cm³/mol. The van der Waals surface area contributed by atoms with Gasteiger partial charge in [-0.3, -0.25) is 14.2 Å². The van der Waals surface area contributed by atoms with Gasteiger partial charge < -0.3 is 10.2 Å². The van der Waals surface area contributed by atoms with Crippen molar-refractivity contribution in [3.8, 4) is 0 Å². The third kappa shape index (κ3) is 5.18. The molecule has 0 atom stereocenters. The van der Waals surface area contributed by atoms with Gasteiger partial charge in [0.05, 0.1) is 0 Å². The number of rotatable bonds is 6. The van der Waals surface area contributed by atoms with Gasteiger partial charge in [0.2, 0.25) is 0 Å². The number of hydrogen-bond donors (Lipinski definition) is 1. The van der Waals surface area contributed by atoms with E-state index < -0.39 is 0 Å². The Hall–Kier alpha value is -2.18.